The summed E-state index contributed by atoms with van der Waals surface area (Å²) >= 11 is 19.6. The molecule has 0 aliphatic carbocycles. The van der Waals surface area contributed by atoms with Gasteiger partial charge >= 0.3 is 5.97 Å². The highest BCUT2D eigenvalue weighted by atomic mass is 35.5. The SMILES string of the molecule is CC(=O)N(c1nc(COC(=O)c2cc(Cl)ccc2Cl)cs1)c1c(C)cc(C)cc1Cl. The molecule has 0 unspecified atom stereocenters. The summed E-state index contributed by atoms with van der Waals surface area (Å²) in [6, 6.07) is 8.30. The number of benzene rings is 2. The third-order valence-electron chi connectivity index (χ3n) is 4.17. The molecule has 1 heterocycles. The number of carbonyl (C=O) groups is 2. The lowest BCUT2D eigenvalue weighted by Crippen LogP contribution is -2.24. The average Bonchev–Trinajstić information content (AvgIpc) is 3.12. The first kappa shape index (κ1) is 22.6. The molecule has 0 spiro atoms. The third kappa shape index (κ3) is 4.95. The number of amides is 1. The van der Waals surface area contributed by atoms with E-state index in [2.05, 4.69) is 4.98 Å². The van der Waals surface area contributed by atoms with E-state index < -0.39 is 5.97 Å². The molecule has 30 heavy (non-hydrogen) atoms. The second kappa shape index (κ2) is 9.35. The Kier molecular flexibility index (Phi) is 7.03. The first-order chi connectivity index (χ1) is 14.2. The fraction of sp³-hybridized carbons (Fsp3) is 0.190. The van der Waals surface area contributed by atoms with Crippen LogP contribution in [0.15, 0.2) is 35.7 Å². The van der Waals surface area contributed by atoms with Gasteiger partial charge in [0, 0.05) is 17.3 Å². The van der Waals surface area contributed by atoms with Crippen LogP contribution in [0.25, 0.3) is 0 Å². The Balaban J connectivity index is 1.81. The predicted molar refractivity (Wildman–Crippen MR) is 121 cm³/mol. The van der Waals surface area contributed by atoms with Crippen molar-refractivity contribution in [1.29, 1.82) is 0 Å². The minimum atomic E-state index is -0.613. The maximum absolute atomic E-state index is 12.4. The molecule has 0 radical (unpaired) electrons. The molecule has 1 amide bonds. The van der Waals surface area contributed by atoms with Crippen LogP contribution in [-0.4, -0.2) is 16.9 Å². The number of aryl methyl sites for hydroxylation is 2. The Labute approximate surface area is 193 Å². The number of ether oxygens (including phenoxy) is 1. The lowest BCUT2D eigenvalue weighted by molar-refractivity contribution is -0.115. The van der Waals surface area contributed by atoms with Crippen LogP contribution >= 0.6 is 46.1 Å². The summed E-state index contributed by atoms with van der Waals surface area (Å²) in [5.74, 6) is -0.842. The fourth-order valence-electron chi connectivity index (χ4n) is 2.92. The highest BCUT2D eigenvalue weighted by Gasteiger charge is 2.23. The highest BCUT2D eigenvalue weighted by Crippen LogP contribution is 2.37. The molecule has 1 aromatic heterocycles. The van der Waals surface area contributed by atoms with Crippen LogP contribution in [0.4, 0.5) is 10.8 Å². The van der Waals surface area contributed by atoms with Crippen LogP contribution in [0.2, 0.25) is 15.1 Å². The van der Waals surface area contributed by atoms with Crippen LogP contribution in [-0.2, 0) is 16.1 Å². The summed E-state index contributed by atoms with van der Waals surface area (Å²) in [5, 5.41) is 3.24. The summed E-state index contributed by atoms with van der Waals surface area (Å²) in [6.45, 7) is 5.18. The zero-order valence-corrected chi connectivity index (χ0v) is 19.4. The lowest BCUT2D eigenvalue weighted by Gasteiger charge is -2.22. The smallest absolute Gasteiger partial charge is 0.340 e. The Bertz CT molecular complexity index is 1110. The zero-order valence-electron chi connectivity index (χ0n) is 16.3. The van der Waals surface area contributed by atoms with Gasteiger partial charge in [-0.05, 0) is 49.2 Å². The van der Waals surface area contributed by atoms with E-state index in [4.69, 9.17) is 39.5 Å². The van der Waals surface area contributed by atoms with Crippen molar-refractivity contribution in [2.45, 2.75) is 27.4 Å². The van der Waals surface area contributed by atoms with E-state index in [0.29, 0.717) is 26.6 Å². The van der Waals surface area contributed by atoms with Gasteiger partial charge in [0.15, 0.2) is 5.13 Å². The summed E-state index contributed by atoms with van der Waals surface area (Å²) in [6.07, 6.45) is 0. The molecular weight excluding hydrogens is 467 g/mol. The van der Waals surface area contributed by atoms with Crippen molar-refractivity contribution < 1.29 is 14.3 Å². The van der Waals surface area contributed by atoms with Crippen molar-refractivity contribution in [2.75, 3.05) is 4.90 Å². The number of hydrogen-bond donors (Lipinski definition) is 0. The number of hydrogen-bond acceptors (Lipinski definition) is 5. The number of carbonyl (C=O) groups excluding carboxylic acids is 2. The fourth-order valence-corrected chi connectivity index (χ4v) is 4.55. The van der Waals surface area contributed by atoms with Crippen LogP contribution in [0.5, 0.6) is 0 Å². The van der Waals surface area contributed by atoms with Gasteiger partial charge in [0.2, 0.25) is 5.91 Å². The zero-order chi connectivity index (χ0) is 22.0. The summed E-state index contributed by atoms with van der Waals surface area (Å²) in [5.41, 5.74) is 3.10. The Hall–Kier alpha value is -2.12. The van der Waals surface area contributed by atoms with Gasteiger partial charge in [-0.2, -0.15) is 0 Å². The molecule has 0 aliphatic heterocycles. The molecule has 0 fully saturated rings. The van der Waals surface area contributed by atoms with E-state index in [0.717, 1.165) is 11.1 Å². The normalized spacial score (nSPS) is 10.7. The van der Waals surface area contributed by atoms with Crippen molar-refractivity contribution in [1.82, 2.24) is 4.98 Å². The molecule has 9 heteroatoms. The van der Waals surface area contributed by atoms with E-state index in [1.165, 1.54) is 35.3 Å². The molecule has 3 aromatic rings. The van der Waals surface area contributed by atoms with Crippen LogP contribution in [0.1, 0.15) is 34.1 Å². The molecule has 5 nitrogen and oxygen atoms in total. The van der Waals surface area contributed by atoms with Gasteiger partial charge in [-0.25, -0.2) is 9.78 Å². The van der Waals surface area contributed by atoms with E-state index in [9.17, 15) is 9.59 Å². The molecule has 0 bridgehead atoms. The minimum Gasteiger partial charge on any atom is -0.456 e. The highest BCUT2D eigenvalue weighted by molar-refractivity contribution is 7.14. The molecule has 2 aromatic carbocycles. The largest absolute Gasteiger partial charge is 0.456 e. The van der Waals surface area contributed by atoms with Gasteiger partial charge in [-0.1, -0.05) is 40.9 Å². The van der Waals surface area contributed by atoms with Gasteiger partial charge < -0.3 is 4.74 Å². The molecule has 156 valence electrons. The maximum atomic E-state index is 12.4. The molecule has 3 rings (SSSR count). The Morgan fingerprint density at radius 3 is 2.50 bits per heavy atom. The number of esters is 1. The monoisotopic (exact) mass is 482 g/mol. The van der Waals surface area contributed by atoms with Crippen molar-refractivity contribution in [3.05, 3.63) is 73.2 Å². The molecular formula is C21H17Cl3N2O3S. The molecule has 0 saturated carbocycles. The van der Waals surface area contributed by atoms with E-state index >= 15 is 0 Å². The first-order valence-electron chi connectivity index (χ1n) is 8.81. The first-order valence-corrected chi connectivity index (χ1v) is 10.8. The predicted octanol–water partition coefficient (Wildman–Crippen LogP) is 6.76. The quantitative estimate of drug-likeness (QED) is 0.376. The van der Waals surface area contributed by atoms with Crippen molar-refractivity contribution in [3.8, 4) is 0 Å². The Morgan fingerprint density at radius 2 is 1.83 bits per heavy atom. The topological polar surface area (TPSA) is 59.5 Å². The van der Waals surface area contributed by atoms with Gasteiger partial charge in [0.05, 0.1) is 27.0 Å². The van der Waals surface area contributed by atoms with Gasteiger partial charge in [-0.3, -0.25) is 9.69 Å². The summed E-state index contributed by atoms with van der Waals surface area (Å²) in [4.78, 5) is 30.6. The average molecular weight is 484 g/mol. The second-order valence-electron chi connectivity index (χ2n) is 6.59. The van der Waals surface area contributed by atoms with Gasteiger partial charge in [0.25, 0.3) is 0 Å². The molecule has 0 aliphatic rings. The lowest BCUT2D eigenvalue weighted by atomic mass is 10.1. The Morgan fingerprint density at radius 1 is 1.10 bits per heavy atom. The number of halogens is 3. The van der Waals surface area contributed by atoms with Crippen molar-refractivity contribution >= 4 is 68.8 Å². The van der Waals surface area contributed by atoms with Gasteiger partial charge in [0.1, 0.15) is 6.61 Å². The van der Waals surface area contributed by atoms with Crippen molar-refractivity contribution in [3.63, 3.8) is 0 Å². The molecule has 0 saturated heterocycles. The summed E-state index contributed by atoms with van der Waals surface area (Å²) < 4.78 is 5.31. The second-order valence-corrected chi connectivity index (χ2v) is 8.68. The van der Waals surface area contributed by atoms with Gasteiger partial charge in [-0.15, -0.1) is 11.3 Å². The van der Waals surface area contributed by atoms with Crippen LogP contribution < -0.4 is 4.90 Å². The van der Waals surface area contributed by atoms with Crippen LogP contribution in [0.3, 0.4) is 0 Å². The van der Waals surface area contributed by atoms with E-state index in [1.54, 1.807) is 17.5 Å². The molecule has 0 N–H and O–H groups in total. The number of nitrogens with zero attached hydrogens (tertiary/aromatic N) is 2. The van der Waals surface area contributed by atoms with Crippen molar-refractivity contribution in [2.24, 2.45) is 0 Å². The summed E-state index contributed by atoms with van der Waals surface area (Å²) in [7, 11) is 0. The number of thiazole rings is 1. The molecule has 0 atom stereocenters. The number of aromatic nitrogens is 1. The minimum absolute atomic E-state index is 0.0788. The third-order valence-corrected chi connectivity index (χ3v) is 5.89. The number of anilines is 2. The maximum Gasteiger partial charge on any atom is 0.340 e. The standard InChI is InChI=1S/C21H17Cl3N2O3S/c1-11-6-12(2)19(18(24)7-11)26(13(3)27)21-25-15(10-30-21)9-29-20(28)16-8-14(22)4-5-17(16)23/h4-8,10H,9H2,1-3H3. The van der Waals surface area contributed by atoms with Crippen LogP contribution in [0, 0.1) is 13.8 Å². The van der Waals surface area contributed by atoms with E-state index in [1.807, 2.05) is 19.9 Å². The number of rotatable bonds is 5. The van der Waals surface area contributed by atoms with E-state index in [-0.39, 0.29) is 23.1 Å².